The van der Waals surface area contributed by atoms with Gasteiger partial charge in [-0.2, -0.15) is 0 Å². The predicted molar refractivity (Wildman–Crippen MR) is 102 cm³/mol. The molecule has 4 heteroatoms. The van der Waals surface area contributed by atoms with Crippen molar-refractivity contribution in [3.05, 3.63) is 64.4 Å². The highest BCUT2D eigenvalue weighted by atomic mass is 79.9. The van der Waals surface area contributed by atoms with Gasteiger partial charge in [0.25, 0.3) is 0 Å². The molecule has 24 heavy (non-hydrogen) atoms. The maximum absolute atomic E-state index is 6.26. The second kappa shape index (κ2) is 7.58. The van der Waals surface area contributed by atoms with Crippen LogP contribution in [0.2, 0.25) is 0 Å². The van der Waals surface area contributed by atoms with Crippen LogP contribution in [-0.4, -0.2) is 25.5 Å². The van der Waals surface area contributed by atoms with E-state index in [-0.39, 0.29) is 0 Å². The van der Waals surface area contributed by atoms with Gasteiger partial charge in [-0.15, -0.1) is 0 Å². The number of rotatable bonds is 3. The summed E-state index contributed by atoms with van der Waals surface area (Å²) in [5, 5.41) is 0. The smallest absolute Gasteiger partial charge is 0.205 e. The summed E-state index contributed by atoms with van der Waals surface area (Å²) in [6.07, 6.45) is 12.0. The van der Waals surface area contributed by atoms with E-state index in [9.17, 15) is 0 Å². The molecule has 0 bridgehead atoms. The number of benzene rings is 1. The number of hydrogen-bond acceptors (Lipinski definition) is 3. The number of hydrogen-bond donors (Lipinski definition) is 0. The minimum absolute atomic E-state index is 0.505. The zero-order valence-corrected chi connectivity index (χ0v) is 15.9. The highest BCUT2D eigenvalue weighted by molar-refractivity contribution is 9.10. The Labute approximate surface area is 152 Å². The summed E-state index contributed by atoms with van der Waals surface area (Å²) in [6, 6.07) is 6.48. The van der Waals surface area contributed by atoms with E-state index in [0.717, 1.165) is 30.5 Å². The van der Waals surface area contributed by atoms with Crippen molar-refractivity contribution in [1.82, 2.24) is 0 Å². The zero-order valence-electron chi connectivity index (χ0n) is 14.3. The average Bonchev–Trinajstić information content (AvgIpc) is 2.54. The molecule has 1 aliphatic carbocycles. The maximum atomic E-state index is 6.26. The molecule has 1 aromatic rings. The first-order chi connectivity index (χ1) is 11.6. The van der Waals surface area contributed by atoms with Gasteiger partial charge in [0.15, 0.2) is 0 Å². The van der Waals surface area contributed by atoms with Gasteiger partial charge in [0.2, 0.25) is 5.72 Å². The third-order valence-corrected chi connectivity index (χ3v) is 4.91. The normalized spacial score (nSPS) is 24.3. The van der Waals surface area contributed by atoms with Gasteiger partial charge in [-0.3, -0.25) is 0 Å². The van der Waals surface area contributed by atoms with Crippen molar-refractivity contribution in [1.29, 1.82) is 0 Å². The lowest BCUT2D eigenvalue weighted by Gasteiger charge is -2.45. The molecule has 1 heterocycles. The van der Waals surface area contributed by atoms with Gasteiger partial charge >= 0.3 is 0 Å². The molecule has 3 rings (SSSR count). The van der Waals surface area contributed by atoms with Crippen LogP contribution >= 0.6 is 15.9 Å². The van der Waals surface area contributed by atoms with Crippen molar-refractivity contribution in [2.45, 2.75) is 32.4 Å². The van der Waals surface area contributed by atoms with E-state index in [2.05, 4.69) is 64.2 Å². The van der Waals surface area contributed by atoms with Crippen LogP contribution < -0.4 is 4.90 Å². The van der Waals surface area contributed by atoms with Crippen molar-refractivity contribution in [2.75, 3.05) is 24.7 Å². The molecule has 2 aliphatic rings. The Kier molecular flexibility index (Phi) is 5.47. The van der Waals surface area contributed by atoms with Gasteiger partial charge in [-0.25, -0.2) is 0 Å². The first-order valence-corrected chi connectivity index (χ1v) is 9.23. The zero-order chi connectivity index (χ0) is 17.0. The minimum Gasteiger partial charge on any atom is -0.472 e. The van der Waals surface area contributed by atoms with Crippen molar-refractivity contribution in [3.8, 4) is 0 Å². The molecule has 1 atom stereocenters. The number of fused-ring (bicyclic) bond motifs is 1. The molecule has 1 aromatic carbocycles. The van der Waals surface area contributed by atoms with Gasteiger partial charge in [-0.1, -0.05) is 34.2 Å². The van der Waals surface area contributed by atoms with Crippen LogP contribution in [0.15, 0.2) is 58.8 Å². The summed E-state index contributed by atoms with van der Waals surface area (Å²) in [6.45, 7) is 6.35. The third kappa shape index (κ3) is 3.60. The summed E-state index contributed by atoms with van der Waals surface area (Å²) >= 11 is 3.59. The van der Waals surface area contributed by atoms with Crippen LogP contribution in [0.25, 0.3) is 0 Å². The molecule has 128 valence electrons. The van der Waals surface area contributed by atoms with Crippen LogP contribution in [-0.2, 0) is 15.9 Å². The largest absolute Gasteiger partial charge is 0.472 e. The summed E-state index contributed by atoms with van der Waals surface area (Å²) in [5.41, 5.74) is 3.22. The van der Waals surface area contributed by atoms with E-state index in [0.29, 0.717) is 6.61 Å². The van der Waals surface area contributed by atoms with Crippen LogP contribution in [0, 0.1) is 0 Å². The fourth-order valence-corrected chi connectivity index (χ4v) is 3.78. The Balaban J connectivity index is 2.08. The Morgan fingerprint density at radius 1 is 1.33 bits per heavy atom. The fourth-order valence-electron chi connectivity index (χ4n) is 3.37. The Morgan fingerprint density at radius 2 is 2.21 bits per heavy atom. The standard InChI is InChI=1S/C20H24BrNO2/c1-3-11-24-20(9-4-5-16(2)15-20)22-10-13-23-12-8-17-14-18(21)6-7-19(17)22/h3-7,11,14-15H,8-10,12-13H2,1-2H3. The Bertz CT molecular complexity index is 680. The van der Waals surface area contributed by atoms with E-state index in [4.69, 9.17) is 9.47 Å². The second-order valence-electron chi connectivity index (χ2n) is 6.21. The molecule has 0 fully saturated rings. The maximum Gasteiger partial charge on any atom is 0.205 e. The number of anilines is 1. The van der Waals surface area contributed by atoms with Crippen molar-refractivity contribution >= 4 is 21.6 Å². The van der Waals surface area contributed by atoms with Gasteiger partial charge in [0.1, 0.15) is 0 Å². The molecule has 0 spiro atoms. The number of nitrogens with zero attached hydrogens (tertiary/aromatic N) is 1. The van der Waals surface area contributed by atoms with E-state index >= 15 is 0 Å². The van der Waals surface area contributed by atoms with Crippen LogP contribution in [0.1, 0.15) is 25.8 Å². The van der Waals surface area contributed by atoms with Crippen molar-refractivity contribution < 1.29 is 9.47 Å². The number of halogens is 1. The molecule has 1 unspecified atom stereocenters. The summed E-state index contributed by atoms with van der Waals surface area (Å²) in [7, 11) is 0. The SMILES string of the molecule is CC=COC1(N2CCOCCc3cc(Br)ccc32)C=C(C)C=CC1. The van der Waals surface area contributed by atoms with E-state index in [1.807, 2.05) is 13.0 Å². The van der Waals surface area contributed by atoms with E-state index in [1.165, 1.54) is 16.8 Å². The lowest BCUT2D eigenvalue weighted by molar-refractivity contribution is 0.0522. The molecule has 0 N–H and O–H groups in total. The average molecular weight is 390 g/mol. The molecule has 0 aromatic heterocycles. The van der Waals surface area contributed by atoms with E-state index in [1.54, 1.807) is 6.26 Å². The Morgan fingerprint density at radius 3 is 3.00 bits per heavy atom. The van der Waals surface area contributed by atoms with Gasteiger partial charge in [0.05, 0.1) is 19.5 Å². The first kappa shape index (κ1) is 17.3. The summed E-state index contributed by atoms with van der Waals surface area (Å²) in [5.74, 6) is 0. The first-order valence-electron chi connectivity index (χ1n) is 8.43. The van der Waals surface area contributed by atoms with Crippen molar-refractivity contribution in [2.24, 2.45) is 0 Å². The molecule has 1 aliphatic heterocycles. The van der Waals surface area contributed by atoms with Crippen LogP contribution in [0.4, 0.5) is 5.69 Å². The molecule has 0 amide bonds. The van der Waals surface area contributed by atoms with Gasteiger partial charge in [-0.05, 0) is 55.7 Å². The third-order valence-electron chi connectivity index (χ3n) is 4.42. The minimum atomic E-state index is -0.505. The molecule has 3 nitrogen and oxygen atoms in total. The number of allylic oxidation sites excluding steroid dienone is 3. The fraction of sp³-hybridized carbons (Fsp3) is 0.400. The predicted octanol–water partition coefficient (Wildman–Crippen LogP) is 4.98. The monoisotopic (exact) mass is 389 g/mol. The summed E-state index contributed by atoms with van der Waals surface area (Å²) in [4.78, 5) is 2.35. The van der Waals surface area contributed by atoms with Crippen LogP contribution in [0.3, 0.4) is 0 Å². The molecular formula is C20H24BrNO2. The molecule has 0 saturated heterocycles. The van der Waals surface area contributed by atoms with Crippen molar-refractivity contribution in [3.63, 3.8) is 0 Å². The second-order valence-corrected chi connectivity index (χ2v) is 7.13. The highest BCUT2D eigenvalue weighted by Crippen LogP contribution is 2.37. The Hall–Kier alpha value is -1.52. The molecular weight excluding hydrogens is 366 g/mol. The number of ether oxygens (including phenoxy) is 2. The van der Waals surface area contributed by atoms with E-state index < -0.39 is 5.72 Å². The lowest BCUT2D eigenvalue weighted by Crippen LogP contribution is -2.51. The summed E-state index contributed by atoms with van der Waals surface area (Å²) < 4.78 is 13.2. The lowest BCUT2D eigenvalue weighted by atomic mass is 9.95. The van der Waals surface area contributed by atoms with Gasteiger partial charge < -0.3 is 14.4 Å². The highest BCUT2D eigenvalue weighted by Gasteiger charge is 2.38. The quantitative estimate of drug-likeness (QED) is 0.680. The molecule has 0 saturated carbocycles. The topological polar surface area (TPSA) is 21.7 Å². The van der Waals surface area contributed by atoms with Gasteiger partial charge in [0, 0.05) is 23.1 Å². The van der Waals surface area contributed by atoms with Crippen LogP contribution in [0.5, 0.6) is 0 Å². The molecule has 0 radical (unpaired) electrons.